The number of carbonyl (C=O) groups excluding carboxylic acids is 1. The minimum atomic E-state index is 0.0406. The molecule has 1 spiro atoms. The van der Waals surface area contributed by atoms with Gasteiger partial charge in [-0.2, -0.15) is 0 Å². The van der Waals surface area contributed by atoms with Gasteiger partial charge in [0.15, 0.2) is 0 Å². The Hall–Kier alpha value is -2.37. The zero-order chi connectivity index (χ0) is 18.6. The fraction of sp³-hybridized carbons (Fsp3) is 0.571. The molecule has 1 fully saturated rings. The summed E-state index contributed by atoms with van der Waals surface area (Å²) in [6.45, 7) is 5.86. The van der Waals surface area contributed by atoms with Crippen molar-refractivity contribution in [3.63, 3.8) is 0 Å². The molecule has 2 aliphatic heterocycles. The highest BCUT2D eigenvalue weighted by Gasteiger charge is 2.48. The van der Waals surface area contributed by atoms with E-state index in [0.717, 1.165) is 43.3 Å². The molecule has 5 rings (SSSR count). The van der Waals surface area contributed by atoms with Gasteiger partial charge < -0.3 is 9.88 Å². The van der Waals surface area contributed by atoms with Gasteiger partial charge >= 0.3 is 6.03 Å². The first-order valence-corrected chi connectivity index (χ1v) is 10.2. The summed E-state index contributed by atoms with van der Waals surface area (Å²) in [5.41, 5.74) is 2.66. The van der Waals surface area contributed by atoms with Crippen molar-refractivity contribution in [3.8, 4) is 0 Å². The van der Waals surface area contributed by atoms with Crippen LogP contribution in [0.25, 0.3) is 0 Å². The van der Waals surface area contributed by atoms with Crippen LogP contribution in [0.4, 0.5) is 10.5 Å². The maximum atomic E-state index is 13.1. The number of rotatable bonds is 2. The molecule has 1 aromatic heterocycles. The predicted molar refractivity (Wildman–Crippen MR) is 104 cm³/mol. The quantitative estimate of drug-likeness (QED) is 0.887. The van der Waals surface area contributed by atoms with Crippen molar-refractivity contribution in [3.05, 3.63) is 41.5 Å². The second-order valence-electron chi connectivity index (χ2n) is 8.66. The van der Waals surface area contributed by atoms with Gasteiger partial charge in [0.05, 0.1) is 0 Å². The second kappa shape index (κ2) is 6.08. The Morgan fingerprint density at radius 3 is 2.81 bits per heavy atom. The smallest absolute Gasteiger partial charge is 0.322 e. The predicted octanol–water partition coefficient (Wildman–Crippen LogP) is 3.37. The number of aromatic nitrogens is 3. The largest absolute Gasteiger partial charge is 0.333 e. The highest BCUT2D eigenvalue weighted by molar-refractivity contribution is 5.95. The van der Waals surface area contributed by atoms with Crippen molar-refractivity contribution >= 4 is 11.7 Å². The number of hydrogen-bond acceptors (Lipinski definition) is 3. The number of aryl methyl sites for hydroxylation is 1. The molecule has 142 valence electrons. The first-order valence-electron chi connectivity index (χ1n) is 10.2. The molecule has 3 heterocycles. The van der Waals surface area contributed by atoms with Gasteiger partial charge in [-0.25, -0.2) is 4.79 Å². The van der Waals surface area contributed by atoms with Crippen molar-refractivity contribution in [2.75, 3.05) is 11.4 Å². The van der Waals surface area contributed by atoms with Crippen molar-refractivity contribution in [2.45, 2.75) is 69.9 Å². The Kier molecular flexibility index (Phi) is 3.78. The number of urea groups is 1. The van der Waals surface area contributed by atoms with Crippen LogP contribution in [-0.4, -0.2) is 33.4 Å². The average molecular weight is 365 g/mol. The molecule has 1 saturated carbocycles. The Balaban J connectivity index is 1.34. The van der Waals surface area contributed by atoms with E-state index in [1.54, 1.807) is 0 Å². The number of benzene rings is 1. The lowest BCUT2D eigenvalue weighted by atomic mass is 9.66. The van der Waals surface area contributed by atoms with Gasteiger partial charge in [-0.15, -0.1) is 10.2 Å². The minimum absolute atomic E-state index is 0.0406. The van der Waals surface area contributed by atoms with Crippen LogP contribution < -0.4 is 10.2 Å². The Morgan fingerprint density at radius 2 is 2.07 bits per heavy atom. The summed E-state index contributed by atoms with van der Waals surface area (Å²) < 4.78 is 2.20. The number of para-hydroxylation sites is 1. The van der Waals surface area contributed by atoms with E-state index in [1.807, 2.05) is 11.0 Å². The third-order valence-electron chi connectivity index (χ3n) is 6.60. The Bertz CT molecular complexity index is 882. The summed E-state index contributed by atoms with van der Waals surface area (Å²) in [7, 11) is 0. The molecule has 0 radical (unpaired) electrons. The van der Waals surface area contributed by atoms with Gasteiger partial charge in [0.1, 0.15) is 11.6 Å². The zero-order valence-corrected chi connectivity index (χ0v) is 16.1. The maximum absolute atomic E-state index is 13.1. The Morgan fingerprint density at radius 1 is 1.26 bits per heavy atom. The zero-order valence-electron chi connectivity index (χ0n) is 16.1. The number of anilines is 1. The molecular weight excluding hydrogens is 338 g/mol. The van der Waals surface area contributed by atoms with Gasteiger partial charge in [0.2, 0.25) is 0 Å². The standard InChI is InChI=1S/C21H27N5O/c1-14(2)19-24-23-18-9-8-15(12-25(18)19)22-20(27)26-13-21(10-5-11-21)16-6-3-4-7-17(16)26/h3-4,6-7,14-15H,5,8-13H2,1-2H3,(H,22,27)/t15-/m0/s1. The molecule has 27 heavy (non-hydrogen) atoms. The molecule has 1 aromatic carbocycles. The van der Waals surface area contributed by atoms with Crippen molar-refractivity contribution in [1.82, 2.24) is 20.1 Å². The molecular formula is C21H27N5O. The minimum Gasteiger partial charge on any atom is -0.333 e. The Labute approximate surface area is 160 Å². The maximum Gasteiger partial charge on any atom is 0.322 e. The summed E-state index contributed by atoms with van der Waals surface area (Å²) in [5.74, 6) is 2.40. The van der Waals surface area contributed by atoms with Gasteiger partial charge in [0, 0.05) is 42.6 Å². The number of carbonyl (C=O) groups is 1. The first kappa shape index (κ1) is 16.8. The fourth-order valence-corrected chi connectivity index (χ4v) is 4.99. The van der Waals surface area contributed by atoms with E-state index in [9.17, 15) is 4.79 Å². The number of nitrogens with zero attached hydrogens (tertiary/aromatic N) is 4. The van der Waals surface area contributed by atoms with Gasteiger partial charge in [-0.3, -0.25) is 4.90 Å². The van der Waals surface area contributed by atoms with Crippen LogP contribution in [0.15, 0.2) is 24.3 Å². The van der Waals surface area contributed by atoms with E-state index in [4.69, 9.17) is 0 Å². The monoisotopic (exact) mass is 365 g/mol. The van der Waals surface area contributed by atoms with Crippen LogP contribution in [0.5, 0.6) is 0 Å². The van der Waals surface area contributed by atoms with Crippen LogP contribution in [0.2, 0.25) is 0 Å². The van der Waals surface area contributed by atoms with Crippen molar-refractivity contribution in [2.24, 2.45) is 0 Å². The summed E-state index contributed by atoms with van der Waals surface area (Å²) in [4.78, 5) is 15.1. The molecule has 6 heteroatoms. The van der Waals surface area contributed by atoms with E-state index in [2.05, 4.69) is 52.1 Å². The topological polar surface area (TPSA) is 63.1 Å². The van der Waals surface area contributed by atoms with Crippen LogP contribution in [0, 0.1) is 0 Å². The lowest BCUT2D eigenvalue weighted by Gasteiger charge is -2.39. The molecule has 2 aromatic rings. The molecule has 1 N–H and O–H groups in total. The van der Waals surface area contributed by atoms with E-state index in [1.165, 1.54) is 24.8 Å². The summed E-state index contributed by atoms with van der Waals surface area (Å²) >= 11 is 0. The van der Waals surface area contributed by atoms with Crippen LogP contribution in [-0.2, 0) is 18.4 Å². The van der Waals surface area contributed by atoms with E-state index in [-0.39, 0.29) is 17.5 Å². The molecule has 0 saturated heterocycles. The molecule has 0 unspecified atom stereocenters. The highest BCUT2D eigenvalue weighted by Crippen LogP contribution is 2.52. The van der Waals surface area contributed by atoms with Gasteiger partial charge in [0.25, 0.3) is 0 Å². The van der Waals surface area contributed by atoms with Crippen molar-refractivity contribution in [1.29, 1.82) is 0 Å². The van der Waals surface area contributed by atoms with Gasteiger partial charge in [-0.05, 0) is 30.9 Å². The lowest BCUT2D eigenvalue weighted by molar-refractivity contribution is 0.229. The van der Waals surface area contributed by atoms with Crippen LogP contribution >= 0.6 is 0 Å². The van der Waals surface area contributed by atoms with Crippen LogP contribution in [0.1, 0.15) is 62.7 Å². The molecule has 1 aliphatic carbocycles. The fourth-order valence-electron chi connectivity index (χ4n) is 4.99. The summed E-state index contributed by atoms with van der Waals surface area (Å²) in [5, 5.41) is 12.0. The number of hydrogen-bond donors (Lipinski definition) is 1. The molecule has 0 bridgehead atoms. The van der Waals surface area contributed by atoms with E-state index < -0.39 is 0 Å². The first-order chi connectivity index (χ1) is 13.1. The van der Waals surface area contributed by atoms with E-state index >= 15 is 0 Å². The number of nitrogens with one attached hydrogen (secondary N) is 1. The molecule has 3 aliphatic rings. The second-order valence-corrected chi connectivity index (χ2v) is 8.66. The third kappa shape index (κ3) is 2.57. The van der Waals surface area contributed by atoms with Gasteiger partial charge in [-0.1, -0.05) is 38.5 Å². The molecule has 1 atom stereocenters. The molecule has 6 nitrogen and oxygen atoms in total. The molecule has 2 amide bonds. The van der Waals surface area contributed by atoms with Crippen LogP contribution in [0.3, 0.4) is 0 Å². The third-order valence-corrected chi connectivity index (χ3v) is 6.60. The number of fused-ring (bicyclic) bond motifs is 3. The lowest BCUT2D eigenvalue weighted by Crippen LogP contribution is -2.50. The SMILES string of the molecule is CC(C)c1nnc2n1C[C@@H](NC(=O)N1CC3(CCC3)c3ccccc31)CC2. The summed E-state index contributed by atoms with van der Waals surface area (Å²) in [6.07, 6.45) is 5.44. The average Bonchev–Trinajstić information content (AvgIpc) is 3.20. The van der Waals surface area contributed by atoms with Crippen molar-refractivity contribution < 1.29 is 4.79 Å². The number of amides is 2. The summed E-state index contributed by atoms with van der Waals surface area (Å²) in [6, 6.07) is 8.61. The highest BCUT2D eigenvalue weighted by atomic mass is 16.2. The normalized spacial score (nSPS) is 22.5. The van der Waals surface area contributed by atoms with E-state index in [0.29, 0.717) is 5.92 Å².